The molecule has 0 saturated carbocycles. The first-order valence-corrected chi connectivity index (χ1v) is 9.78. The Labute approximate surface area is 170 Å². The van der Waals surface area contributed by atoms with E-state index in [1.807, 2.05) is 67.7 Å². The monoisotopic (exact) mass is 384 g/mol. The van der Waals surface area contributed by atoms with E-state index in [-0.39, 0.29) is 18.4 Å². The highest BCUT2D eigenvalue weighted by molar-refractivity contribution is 5.84. The summed E-state index contributed by atoms with van der Waals surface area (Å²) in [5.41, 5.74) is 4.59. The van der Waals surface area contributed by atoms with Crippen LogP contribution in [0.2, 0.25) is 0 Å². The minimum Gasteiger partial charge on any atom is -0.484 e. The number of ether oxygens (including phenoxy) is 1. The number of nitrogens with one attached hydrogen (secondary N) is 2. The minimum atomic E-state index is -0.133. The molecule has 2 N–H and O–H groups in total. The number of carbonyl (C=O) groups excluding carboxylic acids is 1. The van der Waals surface area contributed by atoms with Crippen LogP contribution in [0.25, 0.3) is 10.9 Å². The van der Waals surface area contributed by atoms with Gasteiger partial charge in [0.1, 0.15) is 5.75 Å². The van der Waals surface area contributed by atoms with Gasteiger partial charge < -0.3 is 15.0 Å². The summed E-state index contributed by atoms with van der Waals surface area (Å²) < 4.78 is 5.60. The summed E-state index contributed by atoms with van der Waals surface area (Å²) in [4.78, 5) is 15.7. The number of fused-ring (bicyclic) bond motifs is 1. The Morgan fingerprint density at radius 3 is 2.48 bits per heavy atom. The van der Waals surface area contributed by atoms with Crippen molar-refractivity contribution in [1.82, 2.24) is 10.3 Å². The number of aromatic amines is 1. The third-order valence-electron chi connectivity index (χ3n) is 5.09. The number of aryl methyl sites for hydroxylation is 1. The third-order valence-corrected chi connectivity index (χ3v) is 5.09. The minimum absolute atomic E-state index is 0.00153. The van der Waals surface area contributed by atoms with Gasteiger partial charge in [0.05, 0.1) is 0 Å². The number of hydrogen-bond donors (Lipinski definition) is 2. The zero-order valence-corrected chi connectivity index (χ0v) is 16.4. The first-order chi connectivity index (χ1) is 14.2. The van der Waals surface area contributed by atoms with Gasteiger partial charge in [0.15, 0.2) is 6.61 Å². The summed E-state index contributed by atoms with van der Waals surface area (Å²) in [5, 5.41) is 4.21. The number of rotatable bonds is 7. The number of aromatic nitrogens is 1. The number of H-pyrrole nitrogens is 1. The van der Waals surface area contributed by atoms with Gasteiger partial charge in [-0.3, -0.25) is 4.79 Å². The zero-order valence-electron chi connectivity index (χ0n) is 16.4. The summed E-state index contributed by atoms with van der Waals surface area (Å²) >= 11 is 0. The van der Waals surface area contributed by atoms with Crippen molar-refractivity contribution in [2.24, 2.45) is 0 Å². The topological polar surface area (TPSA) is 54.1 Å². The second kappa shape index (κ2) is 8.65. The SMILES string of the molecule is Cc1ccc(OCC(=O)NCC(c2ccccc2)c2c[nH]c3ccccc23)cc1. The summed E-state index contributed by atoms with van der Waals surface area (Å²) in [6, 6.07) is 26.2. The Morgan fingerprint density at radius 2 is 1.69 bits per heavy atom. The Balaban J connectivity index is 1.47. The largest absolute Gasteiger partial charge is 0.484 e. The lowest BCUT2D eigenvalue weighted by molar-refractivity contribution is -0.123. The molecule has 0 aliphatic rings. The molecule has 0 aliphatic heterocycles. The molecule has 3 aromatic carbocycles. The van der Waals surface area contributed by atoms with Crippen molar-refractivity contribution < 1.29 is 9.53 Å². The molecule has 0 aliphatic carbocycles. The Kier molecular flexibility index (Phi) is 5.61. The molecule has 4 rings (SSSR count). The zero-order chi connectivity index (χ0) is 20.1. The van der Waals surface area contributed by atoms with Gasteiger partial charge in [0.25, 0.3) is 5.91 Å². The molecule has 0 saturated heterocycles. The van der Waals surface area contributed by atoms with E-state index in [1.165, 1.54) is 10.9 Å². The number of para-hydroxylation sites is 1. The fourth-order valence-electron chi connectivity index (χ4n) is 3.53. The lowest BCUT2D eigenvalue weighted by Gasteiger charge is -2.18. The standard InChI is InChI=1S/C25H24N2O2/c1-18-11-13-20(14-12-18)29-17-25(28)27-15-22(19-7-3-2-4-8-19)23-16-26-24-10-6-5-9-21(23)24/h2-14,16,22,26H,15,17H2,1H3,(H,27,28). The van der Waals surface area contributed by atoms with Crippen LogP contribution >= 0.6 is 0 Å². The number of benzene rings is 3. The van der Waals surface area contributed by atoms with Crippen LogP contribution in [0.5, 0.6) is 5.75 Å². The molecule has 1 atom stereocenters. The summed E-state index contributed by atoms with van der Waals surface area (Å²) in [6.07, 6.45) is 2.04. The van der Waals surface area contributed by atoms with Gasteiger partial charge in [-0.05, 0) is 36.2 Å². The molecular weight excluding hydrogens is 360 g/mol. The second-order valence-electron chi connectivity index (χ2n) is 7.16. The quantitative estimate of drug-likeness (QED) is 0.481. The molecule has 4 heteroatoms. The van der Waals surface area contributed by atoms with Crippen LogP contribution in [0.1, 0.15) is 22.6 Å². The highest BCUT2D eigenvalue weighted by Gasteiger charge is 2.19. The molecule has 146 valence electrons. The maximum Gasteiger partial charge on any atom is 0.257 e. The first kappa shape index (κ1) is 18.8. The molecule has 4 nitrogen and oxygen atoms in total. The van der Waals surface area contributed by atoms with Crippen LogP contribution in [0.3, 0.4) is 0 Å². The normalized spacial score (nSPS) is 11.9. The van der Waals surface area contributed by atoms with Crippen LogP contribution < -0.4 is 10.1 Å². The van der Waals surface area contributed by atoms with Gasteiger partial charge in [0.2, 0.25) is 0 Å². The van der Waals surface area contributed by atoms with Crippen molar-refractivity contribution in [2.45, 2.75) is 12.8 Å². The fraction of sp³-hybridized carbons (Fsp3) is 0.160. The number of carbonyl (C=O) groups is 1. The van der Waals surface area contributed by atoms with E-state index < -0.39 is 0 Å². The molecule has 1 heterocycles. The Morgan fingerprint density at radius 1 is 0.966 bits per heavy atom. The highest BCUT2D eigenvalue weighted by atomic mass is 16.5. The van der Waals surface area contributed by atoms with Crippen molar-refractivity contribution in [3.8, 4) is 5.75 Å². The van der Waals surface area contributed by atoms with E-state index in [1.54, 1.807) is 0 Å². The molecule has 1 amide bonds. The van der Waals surface area contributed by atoms with Crippen molar-refractivity contribution in [3.05, 3.63) is 102 Å². The predicted octanol–water partition coefficient (Wildman–Crippen LogP) is 4.80. The summed E-state index contributed by atoms with van der Waals surface area (Å²) in [6.45, 7) is 2.52. The van der Waals surface area contributed by atoms with Gasteiger partial charge in [-0.15, -0.1) is 0 Å². The number of amides is 1. The average Bonchev–Trinajstić information content (AvgIpc) is 3.18. The lowest BCUT2D eigenvalue weighted by Crippen LogP contribution is -2.32. The third kappa shape index (κ3) is 4.49. The second-order valence-corrected chi connectivity index (χ2v) is 7.16. The molecule has 1 aromatic heterocycles. The molecular formula is C25H24N2O2. The Bertz CT molecular complexity index is 1080. The summed E-state index contributed by atoms with van der Waals surface area (Å²) in [7, 11) is 0. The smallest absolute Gasteiger partial charge is 0.257 e. The molecule has 0 radical (unpaired) electrons. The maximum atomic E-state index is 12.4. The molecule has 0 spiro atoms. The maximum absolute atomic E-state index is 12.4. The van der Waals surface area contributed by atoms with Crippen LogP contribution in [0.15, 0.2) is 85.1 Å². The molecule has 0 fully saturated rings. The van der Waals surface area contributed by atoms with E-state index in [2.05, 4.69) is 34.6 Å². The first-order valence-electron chi connectivity index (χ1n) is 9.78. The van der Waals surface area contributed by atoms with Crippen molar-refractivity contribution in [1.29, 1.82) is 0 Å². The molecule has 0 bridgehead atoms. The van der Waals surface area contributed by atoms with E-state index in [4.69, 9.17) is 4.74 Å². The molecule has 4 aromatic rings. The van der Waals surface area contributed by atoms with E-state index in [0.717, 1.165) is 16.6 Å². The van der Waals surface area contributed by atoms with Crippen molar-refractivity contribution in [2.75, 3.05) is 13.2 Å². The lowest BCUT2D eigenvalue weighted by atomic mass is 9.91. The van der Waals surface area contributed by atoms with E-state index >= 15 is 0 Å². The van der Waals surface area contributed by atoms with Crippen LogP contribution in [0.4, 0.5) is 0 Å². The summed E-state index contributed by atoms with van der Waals surface area (Å²) in [5.74, 6) is 0.615. The Hall–Kier alpha value is -3.53. The van der Waals surface area contributed by atoms with Crippen molar-refractivity contribution in [3.63, 3.8) is 0 Å². The van der Waals surface area contributed by atoms with Gasteiger partial charge in [-0.1, -0.05) is 66.2 Å². The molecule has 1 unspecified atom stereocenters. The van der Waals surface area contributed by atoms with Gasteiger partial charge >= 0.3 is 0 Å². The number of hydrogen-bond acceptors (Lipinski definition) is 2. The van der Waals surface area contributed by atoms with E-state index in [0.29, 0.717) is 12.3 Å². The van der Waals surface area contributed by atoms with Crippen molar-refractivity contribution >= 4 is 16.8 Å². The van der Waals surface area contributed by atoms with Crippen LogP contribution in [-0.2, 0) is 4.79 Å². The van der Waals surface area contributed by atoms with Gasteiger partial charge in [-0.25, -0.2) is 0 Å². The highest BCUT2D eigenvalue weighted by Crippen LogP contribution is 2.30. The fourth-order valence-corrected chi connectivity index (χ4v) is 3.53. The molecule has 29 heavy (non-hydrogen) atoms. The van der Waals surface area contributed by atoms with Gasteiger partial charge in [-0.2, -0.15) is 0 Å². The van der Waals surface area contributed by atoms with E-state index in [9.17, 15) is 4.79 Å². The predicted molar refractivity (Wildman–Crippen MR) is 116 cm³/mol. The van der Waals surface area contributed by atoms with Crippen LogP contribution in [-0.4, -0.2) is 24.0 Å². The van der Waals surface area contributed by atoms with Crippen LogP contribution in [0, 0.1) is 6.92 Å². The van der Waals surface area contributed by atoms with Gasteiger partial charge in [0, 0.05) is 29.6 Å². The average molecular weight is 384 g/mol.